The summed E-state index contributed by atoms with van der Waals surface area (Å²) >= 11 is 0. The second kappa shape index (κ2) is 22.5. The minimum Gasteiger partial charge on any atom is -0.493 e. The molecule has 22 nitrogen and oxygen atoms in total. The van der Waals surface area contributed by atoms with Gasteiger partial charge in [0.2, 0.25) is 24.6 Å². The zero-order chi connectivity index (χ0) is 51.1. The lowest BCUT2D eigenvalue weighted by Crippen LogP contribution is -2.41. The number of hydrogen-bond acceptors (Lipinski definition) is 18. The molecule has 3 aromatic carbocycles. The van der Waals surface area contributed by atoms with E-state index in [2.05, 4.69) is 35.9 Å². The maximum absolute atomic E-state index is 14.3. The number of hydrogen-bond donors (Lipinski definition) is 6. The van der Waals surface area contributed by atoms with Crippen LogP contribution in [0.3, 0.4) is 0 Å². The van der Waals surface area contributed by atoms with Crippen LogP contribution >= 0.6 is 21.6 Å². The van der Waals surface area contributed by atoms with Crippen LogP contribution in [0.15, 0.2) is 70.5 Å². The molecule has 24 heteroatoms. The van der Waals surface area contributed by atoms with E-state index in [-0.39, 0.29) is 91.0 Å². The highest BCUT2D eigenvalue weighted by Crippen LogP contribution is 2.40. The Morgan fingerprint density at radius 3 is 2.40 bits per heavy atom. The number of rotatable bonds is 22. The number of aromatic amines is 1. The van der Waals surface area contributed by atoms with Crippen molar-refractivity contribution in [2.24, 2.45) is 0 Å². The number of methoxy groups -OCH3 is 2. The number of likely N-dealkylation sites (N-methyl/N-ethyl adjacent to an activating group) is 1. The number of nitrogen functional groups attached to an aromatic ring is 1. The van der Waals surface area contributed by atoms with Crippen molar-refractivity contribution in [1.82, 2.24) is 45.0 Å². The third-order valence-corrected chi connectivity index (χ3v) is 14.8. The topological polar surface area (TPSA) is 297 Å². The van der Waals surface area contributed by atoms with Crippen LogP contribution < -0.4 is 51.8 Å². The first-order valence-electron chi connectivity index (χ1n) is 22.7. The van der Waals surface area contributed by atoms with E-state index in [0.29, 0.717) is 80.3 Å². The monoisotopic (exact) mass is 1020 g/mol. The molecule has 0 aliphatic carbocycles. The van der Waals surface area contributed by atoms with Gasteiger partial charge in [0.15, 0.2) is 34.2 Å². The first kappa shape index (κ1) is 50.5. The third kappa shape index (κ3) is 11.5. The number of benzene rings is 3. The average Bonchev–Trinajstić information content (AvgIpc) is 3.84. The number of aromatic nitrogens is 6. The number of carboxylic acid groups (broad SMARTS) is 1. The predicted molar refractivity (Wildman–Crippen MR) is 274 cm³/mol. The lowest BCUT2D eigenvalue weighted by molar-refractivity contribution is -0.139. The maximum atomic E-state index is 14.3. The lowest BCUT2D eigenvalue weighted by Gasteiger charge is -2.21. The number of H-pyrrole nitrogens is 1. The molecule has 1 unspecified atom stereocenters. The van der Waals surface area contributed by atoms with E-state index in [4.69, 9.17) is 29.7 Å². The molecule has 0 saturated heterocycles. The number of pyridine rings is 2. The molecule has 72 heavy (non-hydrogen) atoms. The van der Waals surface area contributed by atoms with Gasteiger partial charge < -0.3 is 55.2 Å². The normalized spacial score (nSPS) is 12.7. The quantitative estimate of drug-likeness (QED) is 0.0310. The smallest absolute Gasteiger partial charge is 0.326 e. The minimum absolute atomic E-state index is 0.0461. The summed E-state index contributed by atoms with van der Waals surface area (Å²) in [5.41, 5.74) is 7.52. The standard InChI is InChI=1S/C48H51N11O11S2/c1-25(5-12-40(61)58(2)14-15-59-42-31-19-37-38(70-24-69-37)20-34(31)52-23-32(42)29-17-35(67-3)36(68-4)18-30(29)46(59)64)72-71-16-13-50-39(60)11-10-33(47(65)66)55-44(62)26-6-8-27(9-7-26)51-21-28-22-53-43-41(54-28)45(63)57-48(49)56-43/h6-9,17-20,22-23,25,33,51H,5,10-16,21,24H2,1-4H3,(H,50,60)(H,55,62)(H,65,66)(H3,49,53,56,57,63)/t25?,33-/m0/s1. The van der Waals surface area contributed by atoms with Gasteiger partial charge in [-0.25, -0.2) is 14.8 Å². The van der Waals surface area contributed by atoms with Crippen molar-refractivity contribution in [3.63, 3.8) is 0 Å². The molecule has 4 aromatic heterocycles. The van der Waals surface area contributed by atoms with E-state index in [1.807, 2.05) is 13.0 Å². The van der Waals surface area contributed by atoms with Crippen LogP contribution in [0.5, 0.6) is 23.0 Å². The SMILES string of the molecule is COc1cc2c(=O)n(CCN(C)C(=O)CCC(C)SSCCNC(=O)CC[C@H](NC(=O)c3ccc(NCc4cnc5nc(N)[nH]c(=O)c5n4)cc3)C(=O)O)c3c4cc5c(cc4ncc3c2cc1OC)OCO5. The van der Waals surface area contributed by atoms with Crippen molar-refractivity contribution in [2.75, 3.05) is 58.0 Å². The molecule has 8 rings (SSSR count). The van der Waals surface area contributed by atoms with E-state index in [1.165, 1.54) is 32.5 Å². The van der Waals surface area contributed by atoms with Crippen LogP contribution in [-0.2, 0) is 27.5 Å². The summed E-state index contributed by atoms with van der Waals surface area (Å²) in [6.45, 7) is 3.11. The Balaban J connectivity index is 0.759. The molecule has 0 fully saturated rings. The molecule has 5 heterocycles. The number of fused-ring (bicyclic) bond motifs is 7. The molecule has 7 N–H and O–H groups in total. The van der Waals surface area contributed by atoms with Gasteiger partial charge in [-0.2, -0.15) is 4.98 Å². The first-order chi connectivity index (χ1) is 34.7. The molecular formula is C48H51N11O11S2. The maximum Gasteiger partial charge on any atom is 0.326 e. The van der Waals surface area contributed by atoms with Crippen LogP contribution in [0.1, 0.15) is 48.7 Å². The van der Waals surface area contributed by atoms with Crippen LogP contribution in [0, 0.1) is 0 Å². The molecular weight excluding hydrogens is 971 g/mol. The molecule has 1 aliphatic heterocycles. The van der Waals surface area contributed by atoms with Gasteiger partial charge in [0.05, 0.1) is 49.1 Å². The van der Waals surface area contributed by atoms with Crippen molar-refractivity contribution >= 4 is 101 Å². The highest BCUT2D eigenvalue weighted by atomic mass is 33.1. The Labute approximate surface area is 418 Å². The van der Waals surface area contributed by atoms with E-state index >= 15 is 0 Å². The minimum atomic E-state index is -1.30. The summed E-state index contributed by atoms with van der Waals surface area (Å²) in [4.78, 5) is 98.5. The van der Waals surface area contributed by atoms with Gasteiger partial charge in [0.1, 0.15) is 6.04 Å². The lowest BCUT2D eigenvalue weighted by atomic mass is 10.0. The Morgan fingerprint density at radius 1 is 0.931 bits per heavy atom. The molecule has 0 radical (unpaired) electrons. The summed E-state index contributed by atoms with van der Waals surface area (Å²) in [5, 5.41) is 20.8. The Morgan fingerprint density at radius 2 is 1.67 bits per heavy atom. The van der Waals surface area contributed by atoms with Crippen LogP contribution in [-0.4, -0.2) is 121 Å². The fourth-order valence-electron chi connectivity index (χ4n) is 7.98. The Bertz CT molecular complexity index is 3340. The van der Waals surface area contributed by atoms with Gasteiger partial charge in [-0.05, 0) is 55.3 Å². The van der Waals surface area contributed by atoms with Crippen molar-refractivity contribution < 1.29 is 43.2 Å². The molecule has 1 aliphatic rings. The summed E-state index contributed by atoms with van der Waals surface area (Å²) in [6.07, 6.45) is 3.84. The molecule has 0 saturated carbocycles. The second-order valence-electron chi connectivity index (χ2n) is 16.7. The zero-order valence-electron chi connectivity index (χ0n) is 39.6. The van der Waals surface area contributed by atoms with E-state index in [0.717, 1.165) is 5.39 Å². The van der Waals surface area contributed by atoms with E-state index in [9.17, 15) is 33.9 Å². The van der Waals surface area contributed by atoms with Crippen molar-refractivity contribution in [1.29, 1.82) is 0 Å². The van der Waals surface area contributed by atoms with E-state index in [1.54, 1.807) is 74.6 Å². The van der Waals surface area contributed by atoms with Crippen LogP contribution in [0.4, 0.5) is 11.6 Å². The van der Waals surface area contributed by atoms with Crippen LogP contribution in [0.2, 0.25) is 0 Å². The summed E-state index contributed by atoms with van der Waals surface area (Å²) in [7, 11) is 7.90. The average molecular weight is 1020 g/mol. The summed E-state index contributed by atoms with van der Waals surface area (Å²) < 4.78 is 24.0. The number of ether oxygens (including phenoxy) is 4. The highest BCUT2D eigenvalue weighted by molar-refractivity contribution is 8.76. The fraction of sp³-hybridized carbons (Fsp3) is 0.333. The molecule has 3 amide bonds. The number of aliphatic carboxylic acids is 1. The van der Waals surface area contributed by atoms with Gasteiger partial charge in [0, 0.05) is 90.2 Å². The largest absolute Gasteiger partial charge is 0.493 e. The highest BCUT2D eigenvalue weighted by Gasteiger charge is 2.24. The number of carboxylic acids is 1. The van der Waals surface area contributed by atoms with Gasteiger partial charge in [-0.1, -0.05) is 28.5 Å². The fourth-order valence-corrected chi connectivity index (χ4v) is 10.2. The number of nitrogens with zero attached hydrogens (tertiary/aromatic N) is 6. The number of carbonyl (C=O) groups excluding carboxylic acids is 3. The zero-order valence-corrected chi connectivity index (χ0v) is 41.2. The van der Waals surface area contributed by atoms with Crippen molar-refractivity contribution in [2.45, 2.75) is 57.0 Å². The predicted octanol–water partition coefficient (Wildman–Crippen LogP) is 4.46. The molecule has 376 valence electrons. The summed E-state index contributed by atoms with van der Waals surface area (Å²) in [6, 6.07) is 12.1. The molecule has 7 aromatic rings. The van der Waals surface area contributed by atoms with Crippen LogP contribution in [0.25, 0.3) is 43.7 Å². The molecule has 0 spiro atoms. The van der Waals surface area contributed by atoms with Crippen molar-refractivity contribution in [3.05, 3.63) is 92.9 Å². The number of amides is 3. The number of anilines is 2. The molecule has 0 bridgehead atoms. The van der Waals surface area contributed by atoms with Crippen molar-refractivity contribution in [3.8, 4) is 23.0 Å². The molecule has 2 atom stereocenters. The Hall–Kier alpha value is -7.86. The number of nitrogens with two attached hydrogens (primary N) is 1. The van der Waals surface area contributed by atoms with Gasteiger partial charge >= 0.3 is 5.97 Å². The van der Waals surface area contributed by atoms with Gasteiger partial charge in [-0.3, -0.25) is 33.9 Å². The first-order valence-corrected chi connectivity index (χ1v) is 25.1. The summed E-state index contributed by atoms with van der Waals surface area (Å²) in [5.74, 6) is 0.190. The van der Waals surface area contributed by atoms with Gasteiger partial charge in [-0.15, -0.1) is 0 Å². The second-order valence-corrected chi connectivity index (χ2v) is 19.6. The van der Waals surface area contributed by atoms with E-state index < -0.39 is 23.5 Å². The Kier molecular flexibility index (Phi) is 15.8. The third-order valence-electron chi connectivity index (χ3n) is 11.9. The number of nitrogens with one attached hydrogen (secondary N) is 4. The number of carbonyl (C=O) groups is 4. The van der Waals surface area contributed by atoms with Gasteiger partial charge in [0.25, 0.3) is 17.0 Å².